The second-order valence-corrected chi connectivity index (χ2v) is 2.01. The molecule has 0 amide bonds. The molecule has 0 atom stereocenters. The van der Waals surface area contributed by atoms with Crippen LogP contribution in [0.2, 0.25) is 0 Å². The fourth-order valence-corrected chi connectivity index (χ4v) is 0.735. The van der Waals surface area contributed by atoms with Gasteiger partial charge in [0.2, 0.25) is 0 Å². The van der Waals surface area contributed by atoms with Crippen LogP contribution in [-0.4, -0.2) is 12.6 Å². The molecule has 0 fully saturated rings. The van der Waals surface area contributed by atoms with Crippen molar-refractivity contribution in [2.24, 2.45) is 0 Å². The molecule has 0 aliphatic heterocycles. The van der Waals surface area contributed by atoms with E-state index >= 15 is 0 Å². The third kappa shape index (κ3) is 5.17. The van der Waals surface area contributed by atoms with E-state index in [-0.39, 0.29) is 5.97 Å². The normalized spacial score (nSPS) is 8.31. The molecule has 0 aliphatic carbocycles. The van der Waals surface area contributed by atoms with E-state index in [0.29, 0.717) is 12.2 Å². The first-order chi connectivity index (χ1) is 6.34. The summed E-state index contributed by atoms with van der Waals surface area (Å²) in [6.07, 6.45) is 0. The first kappa shape index (κ1) is 12.8. The molecule has 0 heterocycles. The van der Waals surface area contributed by atoms with E-state index in [0.717, 1.165) is 0 Å². The second-order valence-electron chi connectivity index (χ2n) is 2.01. The molecule has 0 N–H and O–H groups in total. The Morgan fingerprint density at radius 2 is 2.38 bits per heavy atom. The quantitative estimate of drug-likeness (QED) is 0.476. The van der Waals surface area contributed by atoms with Gasteiger partial charge in [-0.3, -0.25) is 4.79 Å². The van der Waals surface area contributed by atoms with Crippen LogP contribution >= 0.6 is 13.6 Å². The molecule has 0 unspecified atom stereocenters. The Kier molecular flexibility index (Phi) is 8.26. The van der Waals surface area contributed by atoms with E-state index in [4.69, 9.17) is 4.74 Å². The average Bonchev–Trinajstić information content (AvgIpc) is 2.23. The molecule has 1 rings (SSSR count). The number of benzene rings is 1. The van der Waals surface area contributed by atoms with Gasteiger partial charge in [0, 0.05) is 0 Å². The Morgan fingerprint density at radius 1 is 1.69 bits per heavy atom. The van der Waals surface area contributed by atoms with Crippen LogP contribution in [-0.2, 0) is 21.1 Å². The van der Waals surface area contributed by atoms with Crippen molar-refractivity contribution in [2.75, 3.05) is 6.61 Å². The topological polar surface area (TPSA) is 26.3 Å². The van der Waals surface area contributed by atoms with E-state index in [1.807, 2.05) is 0 Å². The minimum absolute atomic E-state index is 0.288. The zero-order chi connectivity index (χ0) is 10.1. The van der Waals surface area contributed by atoms with Crippen molar-refractivity contribution < 1.29 is 25.9 Å². The van der Waals surface area contributed by atoms with Gasteiger partial charge in [-0.15, -0.1) is 0 Å². The second kappa shape index (κ2) is 8.39. The van der Waals surface area contributed by atoms with Crippen LogP contribution in [0.4, 0.5) is 0 Å². The number of rotatable bonds is 2. The number of carbonyl (C=O) groups excluding carboxylic acids is 1. The van der Waals surface area contributed by atoms with Gasteiger partial charge in [0.15, 0.2) is 0 Å². The van der Waals surface area contributed by atoms with Gasteiger partial charge in [-0.2, -0.15) is 30.3 Å². The SMILES string of the molecule is CCOC(=O)c1c[c-]ccc1.[Zn+][Br]. The molecule has 0 aromatic heterocycles. The number of ether oxygens (including phenoxy) is 1. The van der Waals surface area contributed by atoms with Crippen molar-refractivity contribution in [3.8, 4) is 0 Å². The van der Waals surface area contributed by atoms with Crippen LogP contribution in [0.25, 0.3) is 0 Å². The number of hydrogen-bond acceptors (Lipinski definition) is 2. The third-order valence-electron chi connectivity index (χ3n) is 1.22. The van der Waals surface area contributed by atoms with Gasteiger partial charge in [0.1, 0.15) is 0 Å². The number of esters is 1. The van der Waals surface area contributed by atoms with Crippen LogP contribution in [0.3, 0.4) is 0 Å². The Bertz CT molecular complexity index is 239. The molecule has 13 heavy (non-hydrogen) atoms. The van der Waals surface area contributed by atoms with Gasteiger partial charge in [-0.25, -0.2) is 0 Å². The summed E-state index contributed by atoms with van der Waals surface area (Å²) in [7, 11) is 0. The molecule has 0 bridgehead atoms. The fourth-order valence-electron chi connectivity index (χ4n) is 0.735. The number of halogens is 1. The van der Waals surface area contributed by atoms with Crippen molar-refractivity contribution in [3.05, 3.63) is 35.9 Å². The van der Waals surface area contributed by atoms with Gasteiger partial charge in [-0.05, 0) is 6.92 Å². The molecule has 4 heteroatoms. The molecule has 1 aromatic carbocycles. The van der Waals surface area contributed by atoms with E-state index < -0.39 is 0 Å². The molecule has 66 valence electrons. The zero-order valence-electron chi connectivity index (χ0n) is 7.42. The molecule has 0 radical (unpaired) electrons. The number of hydrogen-bond donors (Lipinski definition) is 0. The van der Waals surface area contributed by atoms with Crippen molar-refractivity contribution in [2.45, 2.75) is 6.92 Å². The summed E-state index contributed by atoms with van der Waals surface area (Å²) in [6, 6.07) is 9.61. The molecular weight excluding hydrogens is 285 g/mol. The molecule has 1 aromatic rings. The molecule has 0 spiro atoms. The van der Waals surface area contributed by atoms with Gasteiger partial charge in [0.25, 0.3) is 5.97 Å². The Hall–Kier alpha value is -0.207. The van der Waals surface area contributed by atoms with E-state index in [1.54, 1.807) is 31.2 Å². The first-order valence-corrected chi connectivity index (χ1v) is 10.7. The first-order valence-electron chi connectivity index (χ1n) is 3.74. The summed E-state index contributed by atoms with van der Waals surface area (Å²) in [4.78, 5) is 11.0. The Morgan fingerprint density at radius 3 is 2.85 bits per heavy atom. The predicted molar refractivity (Wildman–Crippen MR) is 50.2 cm³/mol. The predicted octanol–water partition coefficient (Wildman–Crippen LogP) is 2.51. The maximum absolute atomic E-state index is 11.0. The monoisotopic (exact) mass is 292 g/mol. The van der Waals surface area contributed by atoms with Crippen molar-refractivity contribution >= 4 is 19.6 Å². The van der Waals surface area contributed by atoms with Crippen molar-refractivity contribution in [1.29, 1.82) is 0 Å². The van der Waals surface area contributed by atoms with Gasteiger partial charge in [-0.1, -0.05) is 5.56 Å². The molecule has 0 saturated carbocycles. The Balaban J connectivity index is 0.000000671. The van der Waals surface area contributed by atoms with E-state index in [1.165, 1.54) is 16.3 Å². The maximum atomic E-state index is 11.0. The van der Waals surface area contributed by atoms with Gasteiger partial charge >= 0.3 is 30.0 Å². The summed E-state index contributed by atoms with van der Waals surface area (Å²) in [6.45, 7) is 2.19. The van der Waals surface area contributed by atoms with Crippen LogP contribution < -0.4 is 0 Å². The molecule has 0 saturated heterocycles. The van der Waals surface area contributed by atoms with E-state index in [9.17, 15) is 4.79 Å². The van der Waals surface area contributed by atoms with Crippen molar-refractivity contribution in [3.63, 3.8) is 0 Å². The van der Waals surface area contributed by atoms with Gasteiger partial charge < -0.3 is 4.74 Å². The summed E-state index contributed by atoms with van der Waals surface area (Å²) in [5.41, 5.74) is 0.550. The standard InChI is InChI=1S/C9H9O2.BrH.Zn/c1-2-11-9(10)8-6-4-3-5-7-8;;/h3-4,6-7H,2H2,1H3;1H;/q-1;;+2/p-1. The van der Waals surface area contributed by atoms with Crippen LogP contribution in [0.15, 0.2) is 24.3 Å². The molecule has 2 nitrogen and oxygen atoms in total. The average molecular weight is 294 g/mol. The Labute approximate surface area is 94.7 Å². The van der Waals surface area contributed by atoms with E-state index in [2.05, 4.69) is 19.7 Å². The number of carbonyl (C=O) groups is 1. The van der Waals surface area contributed by atoms with Gasteiger partial charge in [0.05, 0.1) is 6.61 Å². The van der Waals surface area contributed by atoms with Crippen LogP contribution in [0.1, 0.15) is 17.3 Å². The third-order valence-corrected chi connectivity index (χ3v) is 1.22. The summed E-state index contributed by atoms with van der Waals surface area (Å²) < 4.78 is 4.77. The van der Waals surface area contributed by atoms with Crippen molar-refractivity contribution in [1.82, 2.24) is 0 Å². The zero-order valence-corrected chi connectivity index (χ0v) is 12.0. The molecular formula is C9H9BrO2Zn. The van der Waals surface area contributed by atoms with Crippen LogP contribution in [0, 0.1) is 6.07 Å². The fraction of sp³-hybridized carbons (Fsp3) is 0.222. The summed E-state index contributed by atoms with van der Waals surface area (Å²) >= 11 is 4.25. The summed E-state index contributed by atoms with van der Waals surface area (Å²) in [5, 5.41) is 0. The minimum atomic E-state index is -0.288. The molecule has 0 aliphatic rings. The van der Waals surface area contributed by atoms with Crippen LogP contribution in [0.5, 0.6) is 0 Å². The summed E-state index contributed by atoms with van der Waals surface area (Å²) in [5.74, 6) is -0.288.